The van der Waals surface area contributed by atoms with Crippen molar-refractivity contribution in [3.8, 4) is 11.8 Å². The Morgan fingerprint density at radius 3 is 2.72 bits per heavy atom. The number of halogens is 1. The summed E-state index contributed by atoms with van der Waals surface area (Å²) in [5, 5.41) is 22.1. The van der Waals surface area contributed by atoms with E-state index >= 15 is 0 Å². The lowest BCUT2D eigenvalue weighted by Crippen LogP contribution is -1.99. The van der Waals surface area contributed by atoms with Crippen LogP contribution in [0.4, 0.5) is 5.69 Å². The van der Waals surface area contributed by atoms with E-state index in [4.69, 9.17) is 16.9 Å². The minimum Gasteiger partial charge on any atom is -0.508 e. The highest BCUT2D eigenvalue weighted by Crippen LogP contribution is 2.21. The molecule has 2 N–H and O–H groups in total. The fourth-order valence-corrected chi connectivity index (χ4v) is 1.74. The van der Waals surface area contributed by atoms with Gasteiger partial charge in [0.2, 0.25) is 0 Å². The van der Waals surface area contributed by atoms with Crippen LogP contribution in [0, 0.1) is 11.3 Å². The predicted octanol–water partition coefficient (Wildman–Crippen LogP) is 3.53. The first-order valence-electron chi connectivity index (χ1n) is 5.41. The molecule has 3 nitrogen and oxygen atoms in total. The molecule has 2 rings (SSSR count). The Bertz CT molecular complexity index is 605. The summed E-state index contributed by atoms with van der Waals surface area (Å²) in [6.45, 7) is 0.485. The highest BCUT2D eigenvalue weighted by molar-refractivity contribution is 6.31. The molecule has 0 aliphatic heterocycles. The van der Waals surface area contributed by atoms with Crippen molar-refractivity contribution in [3.05, 3.63) is 58.6 Å². The molecule has 0 amide bonds. The van der Waals surface area contributed by atoms with E-state index in [0.29, 0.717) is 17.1 Å². The van der Waals surface area contributed by atoms with E-state index in [0.717, 1.165) is 11.3 Å². The fraction of sp³-hybridized carbons (Fsp3) is 0.0714. The standard InChI is InChI=1S/C14H11ClN2O/c15-13-6-5-12(7-11(13)8-16)17-9-10-3-1-2-4-14(10)18/h1-7,17-18H,9H2. The van der Waals surface area contributed by atoms with Gasteiger partial charge in [0.1, 0.15) is 11.8 Å². The second kappa shape index (κ2) is 5.44. The monoisotopic (exact) mass is 258 g/mol. The van der Waals surface area contributed by atoms with E-state index in [9.17, 15) is 5.11 Å². The lowest BCUT2D eigenvalue weighted by molar-refractivity contribution is 0.469. The molecule has 0 heterocycles. The average molecular weight is 259 g/mol. The molecule has 0 saturated carbocycles. The molecule has 0 aromatic heterocycles. The van der Waals surface area contributed by atoms with Crippen LogP contribution < -0.4 is 5.32 Å². The normalized spacial score (nSPS) is 9.78. The molecule has 0 bridgehead atoms. The van der Waals surface area contributed by atoms with Crippen molar-refractivity contribution in [2.75, 3.05) is 5.32 Å². The first-order chi connectivity index (χ1) is 8.70. The number of phenolic OH excluding ortho intramolecular Hbond substituents is 1. The van der Waals surface area contributed by atoms with E-state index in [1.54, 1.807) is 30.3 Å². The Morgan fingerprint density at radius 2 is 2.00 bits per heavy atom. The van der Waals surface area contributed by atoms with Crippen molar-refractivity contribution in [3.63, 3.8) is 0 Å². The third kappa shape index (κ3) is 2.73. The quantitative estimate of drug-likeness (QED) is 0.886. The van der Waals surface area contributed by atoms with Crippen molar-refractivity contribution in [2.24, 2.45) is 0 Å². The van der Waals surface area contributed by atoms with E-state index in [2.05, 4.69) is 5.32 Å². The first kappa shape index (κ1) is 12.3. The summed E-state index contributed by atoms with van der Waals surface area (Å²) in [7, 11) is 0. The minimum absolute atomic E-state index is 0.250. The van der Waals surface area contributed by atoms with E-state index < -0.39 is 0 Å². The lowest BCUT2D eigenvalue weighted by atomic mass is 10.2. The third-order valence-corrected chi connectivity index (χ3v) is 2.89. The molecule has 0 spiro atoms. The maximum atomic E-state index is 9.62. The first-order valence-corrected chi connectivity index (χ1v) is 5.79. The van der Waals surface area contributed by atoms with Crippen molar-refractivity contribution >= 4 is 17.3 Å². The molecule has 0 aliphatic carbocycles. The Labute approximate surface area is 110 Å². The molecule has 0 atom stereocenters. The zero-order valence-electron chi connectivity index (χ0n) is 9.52. The number of para-hydroxylation sites is 1. The molecule has 0 saturated heterocycles. The van der Waals surface area contributed by atoms with Crippen molar-refractivity contribution in [1.29, 1.82) is 5.26 Å². The molecule has 0 radical (unpaired) electrons. The number of nitrogens with zero attached hydrogens (tertiary/aromatic N) is 1. The molecular weight excluding hydrogens is 248 g/mol. The second-order valence-corrected chi connectivity index (χ2v) is 4.20. The SMILES string of the molecule is N#Cc1cc(NCc2ccccc2O)ccc1Cl. The van der Waals surface area contributed by atoms with Crippen LogP contribution in [-0.2, 0) is 6.54 Å². The fourth-order valence-electron chi connectivity index (χ4n) is 1.58. The van der Waals surface area contributed by atoms with Crippen molar-refractivity contribution < 1.29 is 5.11 Å². The van der Waals surface area contributed by atoms with Gasteiger partial charge in [-0.3, -0.25) is 0 Å². The largest absolute Gasteiger partial charge is 0.508 e. The number of anilines is 1. The lowest BCUT2D eigenvalue weighted by Gasteiger charge is -2.08. The van der Waals surface area contributed by atoms with E-state index in [1.807, 2.05) is 18.2 Å². The highest BCUT2D eigenvalue weighted by Gasteiger charge is 2.02. The smallest absolute Gasteiger partial charge is 0.120 e. The number of hydrogen-bond acceptors (Lipinski definition) is 3. The number of hydrogen-bond donors (Lipinski definition) is 2. The van der Waals surface area contributed by atoms with Crippen LogP contribution in [0.5, 0.6) is 5.75 Å². The van der Waals surface area contributed by atoms with Gasteiger partial charge >= 0.3 is 0 Å². The zero-order chi connectivity index (χ0) is 13.0. The molecule has 2 aromatic carbocycles. The summed E-state index contributed by atoms with van der Waals surface area (Å²) in [5.74, 6) is 0.250. The van der Waals surface area contributed by atoms with Crippen LogP contribution in [0.1, 0.15) is 11.1 Å². The van der Waals surface area contributed by atoms with Gasteiger partial charge in [0, 0.05) is 17.8 Å². The third-order valence-electron chi connectivity index (χ3n) is 2.56. The maximum Gasteiger partial charge on any atom is 0.120 e. The van der Waals surface area contributed by atoms with Gasteiger partial charge in [0.25, 0.3) is 0 Å². The summed E-state index contributed by atoms with van der Waals surface area (Å²) in [5.41, 5.74) is 2.02. The average Bonchev–Trinajstić information content (AvgIpc) is 2.39. The van der Waals surface area contributed by atoms with Gasteiger partial charge in [0.15, 0.2) is 0 Å². The number of phenols is 1. The van der Waals surface area contributed by atoms with Crippen molar-refractivity contribution in [1.82, 2.24) is 0 Å². The highest BCUT2D eigenvalue weighted by atomic mass is 35.5. The van der Waals surface area contributed by atoms with E-state index in [1.165, 1.54) is 0 Å². The second-order valence-electron chi connectivity index (χ2n) is 3.79. The molecule has 2 aromatic rings. The Balaban J connectivity index is 2.12. The summed E-state index contributed by atoms with van der Waals surface area (Å²) in [6, 6.07) is 14.3. The van der Waals surface area contributed by atoms with Gasteiger partial charge in [-0.1, -0.05) is 29.8 Å². The number of nitrogens with one attached hydrogen (secondary N) is 1. The summed E-state index contributed by atoms with van der Waals surface area (Å²) in [6.07, 6.45) is 0. The Morgan fingerprint density at radius 1 is 1.22 bits per heavy atom. The van der Waals surface area contributed by atoms with Crippen molar-refractivity contribution in [2.45, 2.75) is 6.54 Å². The van der Waals surface area contributed by atoms with Crippen LogP contribution in [0.25, 0.3) is 0 Å². The van der Waals surface area contributed by atoms with Gasteiger partial charge in [-0.05, 0) is 24.3 Å². The number of benzene rings is 2. The molecule has 0 fully saturated rings. The Hall–Kier alpha value is -2.18. The van der Waals surface area contributed by atoms with Gasteiger partial charge in [0.05, 0.1) is 10.6 Å². The molecule has 18 heavy (non-hydrogen) atoms. The summed E-state index contributed by atoms with van der Waals surface area (Å²) < 4.78 is 0. The van der Waals surface area contributed by atoms with Gasteiger partial charge < -0.3 is 10.4 Å². The van der Waals surface area contributed by atoms with Crippen LogP contribution >= 0.6 is 11.6 Å². The summed E-state index contributed by atoms with van der Waals surface area (Å²) >= 11 is 5.85. The molecule has 4 heteroatoms. The van der Waals surface area contributed by atoms with Gasteiger partial charge in [-0.15, -0.1) is 0 Å². The van der Waals surface area contributed by atoms with Gasteiger partial charge in [-0.2, -0.15) is 5.26 Å². The molecule has 0 unspecified atom stereocenters. The summed E-state index contributed by atoms with van der Waals surface area (Å²) in [4.78, 5) is 0. The number of aromatic hydroxyl groups is 1. The topological polar surface area (TPSA) is 56.0 Å². The van der Waals surface area contributed by atoms with Crippen LogP contribution in [0.3, 0.4) is 0 Å². The van der Waals surface area contributed by atoms with Crippen LogP contribution in [0.2, 0.25) is 5.02 Å². The van der Waals surface area contributed by atoms with E-state index in [-0.39, 0.29) is 5.75 Å². The Kier molecular flexibility index (Phi) is 3.71. The molecule has 90 valence electrons. The number of rotatable bonds is 3. The van der Waals surface area contributed by atoms with Gasteiger partial charge in [-0.25, -0.2) is 0 Å². The zero-order valence-corrected chi connectivity index (χ0v) is 10.3. The molecular formula is C14H11ClN2O. The predicted molar refractivity (Wildman–Crippen MR) is 71.6 cm³/mol. The molecule has 0 aliphatic rings. The van der Waals surface area contributed by atoms with Crippen LogP contribution in [0.15, 0.2) is 42.5 Å². The van der Waals surface area contributed by atoms with Crippen LogP contribution in [-0.4, -0.2) is 5.11 Å². The number of nitriles is 1. The maximum absolute atomic E-state index is 9.62. The minimum atomic E-state index is 0.250.